The maximum absolute atomic E-state index is 12.6. The number of nitrogens with zero attached hydrogens (tertiary/aromatic N) is 3. The molecule has 4 nitrogen and oxygen atoms in total. The van der Waals surface area contributed by atoms with Crippen LogP contribution in [0.3, 0.4) is 0 Å². The molecule has 18 heavy (non-hydrogen) atoms. The molecule has 0 atom stereocenters. The zero-order chi connectivity index (χ0) is 13.7. The molecule has 102 valence electrons. The van der Waals surface area contributed by atoms with E-state index in [1.165, 1.54) is 17.3 Å². The van der Waals surface area contributed by atoms with Crippen LogP contribution < -0.4 is 0 Å². The van der Waals surface area contributed by atoms with E-state index < -0.39 is 6.55 Å². The normalized spacial score (nSPS) is 11.3. The molecule has 0 fully saturated rings. The minimum absolute atomic E-state index is 0.0486. The predicted octanol–water partition coefficient (Wildman–Crippen LogP) is 2.67. The van der Waals surface area contributed by atoms with Crippen LogP contribution in [0.4, 0.5) is 8.78 Å². The smallest absolute Gasteiger partial charge is 0.319 e. The summed E-state index contributed by atoms with van der Waals surface area (Å²) < 4.78 is 25.9. The van der Waals surface area contributed by atoms with Crippen molar-refractivity contribution in [2.24, 2.45) is 5.92 Å². The molecule has 0 radical (unpaired) electrons. The van der Waals surface area contributed by atoms with Gasteiger partial charge in [-0.25, -0.2) is 4.98 Å². The number of carbonyl (C=O) groups is 1. The maximum Gasteiger partial charge on any atom is 0.319 e. The molecule has 1 heterocycles. The van der Waals surface area contributed by atoms with Gasteiger partial charge in [0.2, 0.25) is 5.91 Å². The second-order valence-corrected chi connectivity index (χ2v) is 4.71. The van der Waals surface area contributed by atoms with Gasteiger partial charge < -0.3 is 4.90 Å². The lowest BCUT2D eigenvalue weighted by atomic mass is 10.1. The number of hydrogen-bond acceptors (Lipinski definition) is 2. The summed E-state index contributed by atoms with van der Waals surface area (Å²) in [6.07, 6.45) is 3.76. The highest BCUT2D eigenvalue weighted by Gasteiger charge is 2.16. The highest BCUT2D eigenvalue weighted by atomic mass is 19.3. The van der Waals surface area contributed by atoms with Crippen LogP contribution in [0, 0.1) is 5.92 Å². The minimum atomic E-state index is -2.62. The minimum Gasteiger partial charge on any atom is -0.338 e. The van der Waals surface area contributed by atoms with Crippen LogP contribution in [-0.2, 0) is 11.3 Å². The van der Waals surface area contributed by atoms with Crippen LogP contribution in [0.5, 0.6) is 0 Å². The van der Waals surface area contributed by atoms with E-state index in [0.717, 1.165) is 11.0 Å². The molecule has 0 aromatic carbocycles. The summed E-state index contributed by atoms with van der Waals surface area (Å²) in [5.41, 5.74) is 0. The highest BCUT2D eigenvalue weighted by Crippen LogP contribution is 2.14. The zero-order valence-electron chi connectivity index (χ0n) is 10.9. The first kappa shape index (κ1) is 14.6. The molecule has 0 aliphatic rings. The number of alkyl halides is 2. The van der Waals surface area contributed by atoms with Gasteiger partial charge in [0.25, 0.3) is 0 Å². The Morgan fingerprint density at radius 3 is 2.72 bits per heavy atom. The summed E-state index contributed by atoms with van der Waals surface area (Å²) in [6.45, 7) is 1.56. The molecular weight excluding hydrogens is 240 g/mol. The summed E-state index contributed by atoms with van der Waals surface area (Å²) in [6, 6.07) is 0. The molecule has 0 aliphatic heterocycles. The summed E-state index contributed by atoms with van der Waals surface area (Å²) in [5.74, 6) is 0.600. The molecular formula is C12H19F2N3O. The zero-order valence-corrected chi connectivity index (χ0v) is 10.9. The number of amides is 1. The molecule has 0 spiro atoms. The van der Waals surface area contributed by atoms with Crippen LogP contribution in [0.2, 0.25) is 0 Å². The lowest BCUT2D eigenvalue weighted by Gasteiger charge is -2.18. The molecule has 0 unspecified atom stereocenters. The summed E-state index contributed by atoms with van der Waals surface area (Å²) in [5, 5.41) is 0. The van der Waals surface area contributed by atoms with Crippen molar-refractivity contribution < 1.29 is 13.6 Å². The second kappa shape index (κ2) is 6.47. The van der Waals surface area contributed by atoms with Crippen molar-refractivity contribution in [3.05, 3.63) is 18.2 Å². The molecule has 0 aliphatic carbocycles. The van der Waals surface area contributed by atoms with E-state index in [-0.39, 0.29) is 18.3 Å². The van der Waals surface area contributed by atoms with E-state index in [4.69, 9.17) is 0 Å². The Morgan fingerprint density at radius 1 is 1.50 bits per heavy atom. The van der Waals surface area contributed by atoms with Crippen LogP contribution in [0.1, 0.15) is 39.1 Å². The van der Waals surface area contributed by atoms with Gasteiger partial charge in [-0.05, 0) is 12.3 Å². The van der Waals surface area contributed by atoms with Gasteiger partial charge in [0.15, 0.2) is 0 Å². The van der Waals surface area contributed by atoms with E-state index in [1.807, 2.05) is 13.8 Å². The molecule has 0 saturated heterocycles. The molecule has 6 heteroatoms. The van der Waals surface area contributed by atoms with Gasteiger partial charge in [-0.15, -0.1) is 0 Å². The summed E-state index contributed by atoms with van der Waals surface area (Å²) in [4.78, 5) is 17.0. The van der Waals surface area contributed by atoms with Crippen molar-refractivity contribution in [2.45, 2.75) is 39.8 Å². The fourth-order valence-corrected chi connectivity index (χ4v) is 1.55. The van der Waals surface area contributed by atoms with Gasteiger partial charge in [0, 0.05) is 25.9 Å². The van der Waals surface area contributed by atoms with Crippen molar-refractivity contribution in [3.63, 3.8) is 0 Å². The van der Waals surface area contributed by atoms with Crippen molar-refractivity contribution in [2.75, 3.05) is 7.05 Å². The summed E-state index contributed by atoms with van der Waals surface area (Å²) in [7, 11) is 1.60. The van der Waals surface area contributed by atoms with Crippen molar-refractivity contribution in [1.29, 1.82) is 0 Å². The molecule has 0 bridgehead atoms. The lowest BCUT2D eigenvalue weighted by Crippen LogP contribution is -2.27. The first-order valence-corrected chi connectivity index (χ1v) is 5.95. The largest absolute Gasteiger partial charge is 0.338 e. The van der Waals surface area contributed by atoms with E-state index in [2.05, 4.69) is 4.98 Å². The van der Waals surface area contributed by atoms with Crippen LogP contribution in [-0.4, -0.2) is 27.4 Å². The van der Waals surface area contributed by atoms with Crippen LogP contribution in [0.25, 0.3) is 0 Å². The third kappa shape index (κ3) is 4.09. The summed E-state index contributed by atoms with van der Waals surface area (Å²) >= 11 is 0. The van der Waals surface area contributed by atoms with E-state index in [9.17, 15) is 13.6 Å². The Hall–Kier alpha value is -1.46. The molecule has 1 aromatic rings. The first-order chi connectivity index (χ1) is 8.41. The van der Waals surface area contributed by atoms with Crippen molar-refractivity contribution >= 4 is 5.91 Å². The Kier molecular flexibility index (Phi) is 5.25. The van der Waals surface area contributed by atoms with Gasteiger partial charge in [0.1, 0.15) is 5.82 Å². The van der Waals surface area contributed by atoms with Gasteiger partial charge in [0.05, 0.1) is 6.54 Å². The maximum atomic E-state index is 12.6. The number of rotatable bonds is 6. The van der Waals surface area contributed by atoms with Crippen LogP contribution in [0.15, 0.2) is 12.4 Å². The third-order valence-corrected chi connectivity index (χ3v) is 2.70. The Morgan fingerprint density at radius 2 is 2.17 bits per heavy atom. The average Bonchev–Trinajstić information content (AvgIpc) is 2.73. The molecule has 1 aromatic heterocycles. The molecule has 1 amide bonds. The number of aromatic nitrogens is 2. The van der Waals surface area contributed by atoms with Gasteiger partial charge in [-0.1, -0.05) is 13.8 Å². The van der Waals surface area contributed by atoms with Gasteiger partial charge in [-0.2, -0.15) is 8.78 Å². The SMILES string of the molecule is CC(C)CCC(=O)N(C)Cc1nccn1C(F)F. The molecule has 0 N–H and O–H groups in total. The van der Waals surface area contributed by atoms with Crippen LogP contribution >= 0.6 is 0 Å². The first-order valence-electron chi connectivity index (χ1n) is 5.95. The Bertz CT molecular complexity index is 390. The van der Waals surface area contributed by atoms with E-state index in [0.29, 0.717) is 12.3 Å². The Labute approximate surface area is 106 Å². The highest BCUT2D eigenvalue weighted by molar-refractivity contribution is 5.75. The standard InChI is InChI=1S/C12H19F2N3O/c1-9(2)4-5-11(18)16(3)8-10-15-6-7-17(10)12(13)14/h6-7,9,12H,4-5,8H2,1-3H3. The predicted molar refractivity (Wildman–Crippen MR) is 64.0 cm³/mol. The second-order valence-electron chi connectivity index (χ2n) is 4.71. The number of imidazole rings is 1. The number of carbonyl (C=O) groups excluding carboxylic acids is 1. The molecule has 0 saturated carbocycles. The van der Waals surface area contributed by atoms with E-state index >= 15 is 0 Å². The van der Waals surface area contributed by atoms with E-state index in [1.54, 1.807) is 7.05 Å². The fraction of sp³-hybridized carbons (Fsp3) is 0.667. The topological polar surface area (TPSA) is 38.1 Å². The van der Waals surface area contributed by atoms with Gasteiger partial charge in [-0.3, -0.25) is 9.36 Å². The third-order valence-electron chi connectivity index (χ3n) is 2.70. The van der Waals surface area contributed by atoms with Crippen molar-refractivity contribution in [1.82, 2.24) is 14.5 Å². The average molecular weight is 259 g/mol. The number of halogens is 2. The van der Waals surface area contributed by atoms with Crippen molar-refractivity contribution in [3.8, 4) is 0 Å². The molecule has 1 rings (SSSR count). The number of hydrogen-bond donors (Lipinski definition) is 0. The monoisotopic (exact) mass is 259 g/mol. The van der Waals surface area contributed by atoms with Gasteiger partial charge >= 0.3 is 6.55 Å². The lowest BCUT2D eigenvalue weighted by molar-refractivity contribution is -0.130. The Balaban J connectivity index is 2.55. The quantitative estimate of drug-likeness (QED) is 0.787. The fourth-order valence-electron chi connectivity index (χ4n) is 1.55.